The van der Waals surface area contributed by atoms with Crippen LogP contribution in [0.5, 0.6) is 0 Å². The van der Waals surface area contributed by atoms with Crippen molar-refractivity contribution >= 4 is 10.8 Å². The van der Waals surface area contributed by atoms with Crippen LogP contribution in [0.25, 0.3) is 22.0 Å². The van der Waals surface area contributed by atoms with Crippen molar-refractivity contribution < 1.29 is 13.2 Å². The Bertz CT molecular complexity index is 851. The normalized spacial score (nSPS) is 11.5. The van der Waals surface area contributed by atoms with Gasteiger partial charge >= 0.3 is 6.18 Å². The second-order valence-electron chi connectivity index (χ2n) is 4.45. The summed E-state index contributed by atoms with van der Waals surface area (Å²) >= 11 is 0. The van der Waals surface area contributed by atoms with E-state index in [0.29, 0.717) is 10.2 Å². The molecule has 0 N–H and O–H groups in total. The minimum Gasteiger partial charge on any atom is -0.170 e. The quantitative estimate of drug-likeness (QED) is 0.677. The molecule has 0 saturated carbocycles. The predicted molar refractivity (Wildman–Crippen MR) is 71.2 cm³/mol. The summed E-state index contributed by atoms with van der Waals surface area (Å²) in [5, 5.41) is 14.0. The van der Waals surface area contributed by atoms with Gasteiger partial charge < -0.3 is 0 Å². The van der Waals surface area contributed by atoms with Crippen LogP contribution in [0.15, 0.2) is 48.5 Å². The lowest BCUT2D eigenvalue weighted by molar-refractivity contribution is -0.141. The molecule has 0 bridgehead atoms. The summed E-state index contributed by atoms with van der Waals surface area (Å²) < 4.78 is 39.0. The van der Waals surface area contributed by atoms with Crippen LogP contribution in [0, 0.1) is 11.5 Å². The molecule has 3 nitrogen and oxygen atoms in total. The molecule has 0 atom stereocenters. The van der Waals surface area contributed by atoms with Gasteiger partial charge in [0, 0.05) is 5.56 Å². The molecule has 1 aromatic heterocycles. The molecule has 104 valence electrons. The summed E-state index contributed by atoms with van der Waals surface area (Å²) in [6.07, 6.45) is -2.93. The Hall–Kier alpha value is -2.81. The van der Waals surface area contributed by atoms with Crippen molar-refractivity contribution in [3.63, 3.8) is 0 Å². The van der Waals surface area contributed by atoms with E-state index in [9.17, 15) is 13.2 Å². The molecule has 0 fully saturated rings. The Balaban J connectivity index is 2.29. The zero-order chi connectivity index (χ0) is 15.0. The Morgan fingerprint density at radius 3 is 2.48 bits per heavy atom. The van der Waals surface area contributed by atoms with E-state index in [1.165, 1.54) is 0 Å². The first-order valence-corrected chi connectivity index (χ1v) is 6.06. The number of fused-ring (bicyclic) bond motifs is 1. The summed E-state index contributed by atoms with van der Waals surface area (Å²) in [7, 11) is 0. The molecular formula is C15H8F3N3. The summed E-state index contributed by atoms with van der Waals surface area (Å²) in [6, 6.07) is 13.5. The Kier molecular flexibility index (Phi) is 2.91. The van der Waals surface area contributed by atoms with Gasteiger partial charge in [-0.1, -0.05) is 42.5 Å². The topological polar surface area (TPSA) is 41.6 Å². The molecule has 0 saturated heterocycles. The van der Waals surface area contributed by atoms with Crippen molar-refractivity contribution in [1.82, 2.24) is 9.78 Å². The van der Waals surface area contributed by atoms with E-state index in [0.717, 1.165) is 16.8 Å². The van der Waals surface area contributed by atoms with Crippen molar-refractivity contribution in [2.45, 2.75) is 6.18 Å². The fourth-order valence-corrected chi connectivity index (χ4v) is 2.24. The maximum Gasteiger partial charge on any atom is 0.435 e. The first-order chi connectivity index (χ1) is 10.0. The highest BCUT2D eigenvalue weighted by atomic mass is 19.4. The van der Waals surface area contributed by atoms with E-state index in [2.05, 4.69) is 5.10 Å². The molecule has 3 aromatic rings. The summed E-state index contributed by atoms with van der Waals surface area (Å²) in [4.78, 5) is 0. The Labute approximate surface area is 117 Å². The highest BCUT2D eigenvalue weighted by Crippen LogP contribution is 2.34. The average molecular weight is 287 g/mol. The van der Waals surface area contributed by atoms with E-state index in [-0.39, 0.29) is 5.69 Å². The first-order valence-electron chi connectivity index (χ1n) is 6.06. The molecule has 6 heteroatoms. The molecule has 3 rings (SSSR count). The van der Waals surface area contributed by atoms with Crippen LogP contribution in [0.4, 0.5) is 13.2 Å². The monoisotopic (exact) mass is 287 g/mol. The molecule has 0 radical (unpaired) electrons. The fourth-order valence-electron chi connectivity index (χ4n) is 2.24. The first kappa shape index (κ1) is 13.2. The van der Waals surface area contributed by atoms with Crippen LogP contribution in [0.1, 0.15) is 5.69 Å². The van der Waals surface area contributed by atoms with Gasteiger partial charge in [0.15, 0.2) is 5.69 Å². The minimum atomic E-state index is -4.58. The third-order valence-electron chi connectivity index (χ3n) is 3.16. The standard InChI is InChI=1S/C15H8F3N3/c16-15(17,18)14-8-13(21(9-19)20-14)12-7-3-5-10-4-1-2-6-11(10)12/h1-8H. The smallest absolute Gasteiger partial charge is 0.170 e. The number of benzene rings is 2. The van der Waals surface area contributed by atoms with Crippen molar-refractivity contribution in [2.75, 3.05) is 0 Å². The van der Waals surface area contributed by atoms with Gasteiger partial charge in [-0.2, -0.15) is 28.2 Å². The maximum absolute atomic E-state index is 12.8. The Morgan fingerprint density at radius 2 is 1.76 bits per heavy atom. The van der Waals surface area contributed by atoms with Gasteiger partial charge in [0.2, 0.25) is 6.19 Å². The second kappa shape index (κ2) is 4.63. The maximum atomic E-state index is 12.8. The number of aromatic nitrogens is 2. The van der Waals surface area contributed by atoms with E-state index >= 15 is 0 Å². The predicted octanol–water partition coefficient (Wildman–Crippen LogP) is 4.05. The second-order valence-corrected chi connectivity index (χ2v) is 4.45. The molecule has 1 heterocycles. The van der Waals surface area contributed by atoms with Gasteiger partial charge in [0.25, 0.3) is 0 Å². The number of nitrogens with zero attached hydrogens (tertiary/aromatic N) is 3. The van der Waals surface area contributed by atoms with Gasteiger partial charge in [-0.15, -0.1) is 0 Å². The van der Waals surface area contributed by atoms with Crippen molar-refractivity contribution in [3.05, 3.63) is 54.2 Å². The number of hydrogen-bond acceptors (Lipinski definition) is 2. The zero-order valence-electron chi connectivity index (χ0n) is 10.6. The largest absolute Gasteiger partial charge is 0.435 e. The van der Waals surface area contributed by atoms with E-state index in [1.807, 2.05) is 18.2 Å². The van der Waals surface area contributed by atoms with Gasteiger partial charge in [-0.05, 0) is 16.8 Å². The summed E-state index contributed by atoms with van der Waals surface area (Å²) in [5.41, 5.74) is -0.411. The molecule has 0 amide bonds. The van der Waals surface area contributed by atoms with Crippen LogP contribution in [-0.4, -0.2) is 9.78 Å². The molecular weight excluding hydrogens is 279 g/mol. The summed E-state index contributed by atoms with van der Waals surface area (Å²) in [5.74, 6) is 0. The van der Waals surface area contributed by atoms with Crippen molar-refractivity contribution in [3.8, 4) is 17.5 Å². The van der Waals surface area contributed by atoms with Gasteiger partial charge in [-0.25, -0.2) is 0 Å². The average Bonchev–Trinajstić information content (AvgIpc) is 2.91. The molecule has 0 unspecified atom stereocenters. The van der Waals surface area contributed by atoms with Crippen LogP contribution in [0.3, 0.4) is 0 Å². The van der Waals surface area contributed by atoms with Crippen molar-refractivity contribution in [2.24, 2.45) is 0 Å². The molecule has 0 aliphatic carbocycles. The molecule has 0 aliphatic heterocycles. The highest BCUT2D eigenvalue weighted by molar-refractivity contribution is 5.96. The number of halogens is 3. The van der Waals surface area contributed by atoms with Gasteiger partial charge in [0.05, 0.1) is 5.69 Å². The van der Waals surface area contributed by atoms with Crippen LogP contribution in [-0.2, 0) is 6.18 Å². The van der Waals surface area contributed by atoms with Crippen LogP contribution < -0.4 is 0 Å². The third kappa shape index (κ3) is 2.23. The number of hydrogen-bond donors (Lipinski definition) is 0. The SMILES string of the molecule is N#Cn1nc(C(F)(F)F)cc1-c1cccc2ccccc12. The molecule has 0 aliphatic rings. The summed E-state index contributed by atoms with van der Waals surface area (Å²) in [6.45, 7) is 0. The highest BCUT2D eigenvalue weighted by Gasteiger charge is 2.35. The van der Waals surface area contributed by atoms with Gasteiger partial charge in [-0.3, -0.25) is 0 Å². The number of nitriles is 1. The lowest BCUT2D eigenvalue weighted by Gasteiger charge is -2.05. The fraction of sp³-hybridized carbons (Fsp3) is 0.0667. The van der Waals surface area contributed by atoms with Crippen LogP contribution in [0.2, 0.25) is 0 Å². The molecule has 0 spiro atoms. The lowest BCUT2D eigenvalue weighted by atomic mass is 10.0. The van der Waals surface area contributed by atoms with Gasteiger partial charge in [0.1, 0.15) is 0 Å². The Morgan fingerprint density at radius 1 is 1.05 bits per heavy atom. The molecule has 2 aromatic carbocycles. The lowest BCUT2D eigenvalue weighted by Crippen LogP contribution is -2.06. The number of alkyl halides is 3. The number of rotatable bonds is 1. The minimum absolute atomic E-state index is 0.127. The van der Waals surface area contributed by atoms with Crippen LogP contribution >= 0.6 is 0 Å². The third-order valence-corrected chi connectivity index (χ3v) is 3.16. The molecule has 21 heavy (non-hydrogen) atoms. The van der Waals surface area contributed by atoms with E-state index in [4.69, 9.17) is 5.26 Å². The van der Waals surface area contributed by atoms with E-state index < -0.39 is 11.9 Å². The zero-order valence-corrected chi connectivity index (χ0v) is 10.6. The van der Waals surface area contributed by atoms with Crippen molar-refractivity contribution in [1.29, 1.82) is 5.26 Å². The van der Waals surface area contributed by atoms with E-state index in [1.54, 1.807) is 30.5 Å².